The van der Waals surface area contributed by atoms with Crippen molar-refractivity contribution in [3.8, 4) is 0 Å². The normalized spacial score (nSPS) is 41.1. The van der Waals surface area contributed by atoms with Gasteiger partial charge in [-0.15, -0.1) is 0 Å². The van der Waals surface area contributed by atoms with Crippen LogP contribution in [0.5, 0.6) is 0 Å². The van der Waals surface area contributed by atoms with E-state index in [0.29, 0.717) is 26.2 Å². The van der Waals surface area contributed by atoms with Gasteiger partial charge in [-0.3, -0.25) is 4.79 Å². The van der Waals surface area contributed by atoms with Gasteiger partial charge in [-0.1, -0.05) is 25.7 Å². The molecule has 114 valence electrons. The lowest BCUT2D eigenvalue weighted by atomic mass is 9.67. The van der Waals surface area contributed by atoms with Gasteiger partial charge in [0.2, 0.25) is 5.91 Å². The maximum Gasteiger partial charge on any atom is 0.223 e. The molecule has 2 saturated carbocycles. The Balaban J connectivity index is 1.47. The minimum atomic E-state index is -0.836. The van der Waals surface area contributed by atoms with Crippen molar-refractivity contribution in [1.29, 1.82) is 0 Å². The third-order valence-electron chi connectivity index (χ3n) is 5.58. The summed E-state index contributed by atoms with van der Waals surface area (Å²) < 4.78 is 5.21. The van der Waals surface area contributed by atoms with E-state index < -0.39 is 5.60 Å². The molecule has 4 atom stereocenters. The average Bonchev–Trinajstić information content (AvgIpc) is 2.91. The molecule has 1 aliphatic heterocycles. The van der Waals surface area contributed by atoms with Crippen LogP contribution in [0.2, 0.25) is 0 Å². The van der Waals surface area contributed by atoms with Crippen molar-refractivity contribution in [2.24, 2.45) is 17.8 Å². The number of fused-ring (bicyclic) bond motifs is 1. The first kappa shape index (κ1) is 14.3. The second kappa shape index (κ2) is 6.02. The van der Waals surface area contributed by atoms with Crippen LogP contribution in [0.4, 0.5) is 0 Å². The van der Waals surface area contributed by atoms with Gasteiger partial charge in [-0.05, 0) is 31.1 Å². The Morgan fingerprint density at radius 3 is 2.75 bits per heavy atom. The zero-order valence-corrected chi connectivity index (χ0v) is 12.3. The zero-order chi connectivity index (χ0) is 14.0. The highest BCUT2D eigenvalue weighted by Crippen LogP contribution is 2.42. The van der Waals surface area contributed by atoms with Gasteiger partial charge in [0.1, 0.15) is 5.60 Å². The number of carbonyl (C=O) groups is 1. The lowest BCUT2D eigenvalue weighted by molar-refractivity contribution is -0.128. The molecule has 4 nitrogen and oxygen atoms in total. The number of ether oxygens (including phenoxy) is 1. The molecule has 0 aromatic carbocycles. The Hall–Kier alpha value is -0.610. The Labute approximate surface area is 121 Å². The monoisotopic (exact) mass is 281 g/mol. The quantitative estimate of drug-likeness (QED) is 0.830. The molecular weight excluding hydrogens is 254 g/mol. The van der Waals surface area contributed by atoms with Crippen molar-refractivity contribution in [1.82, 2.24) is 5.32 Å². The molecule has 4 heteroatoms. The minimum Gasteiger partial charge on any atom is -0.386 e. The van der Waals surface area contributed by atoms with E-state index in [1.165, 1.54) is 32.1 Å². The van der Waals surface area contributed by atoms with Gasteiger partial charge >= 0.3 is 0 Å². The first-order valence-electron chi connectivity index (χ1n) is 8.24. The Morgan fingerprint density at radius 1 is 1.20 bits per heavy atom. The van der Waals surface area contributed by atoms with Crippen molar-refractivity contribution in [3.05, 3.63) is 0 Å². The lowest BCUT2D eigenvalue weighted by Crippen LogP contribution is -2.46. The fraction of sp³-hybridized carbons (Fsp3) is 0.938. The molecule has 0 bridgehead atoms. The van der Waals surface area contributed by atoms with Crippen LogP contribution in [-0.2, 0) is 9.53 Å². The average molecular weight is 281 g/mol. The second-order valence-electron chi connectivity index (χ2n) is 7.06. The van der Waals surface area contributed by atoms with Gasteiger partial charge in [-0.25, -0.2) is 0 Å². The summed E-state index contributed by atoms with van der Waals surface area (Å²) in [6.07, 6.45) is 9.34. The van der Waals surface area contributed by atoms with Crippen LogP contribution in [0.3, 0.4) is 0 Å². The van der Waals surface area contributed by atoms with Crippen molar-refractivity contribution < 1.29 is 14.6 Å². The second-order valence-corrected chi connectivity index (χ2v) is 7.06. The number of hydrogen-bond donors (Lipinski definition) is 2. The number of rotatable bonds is 3. The van der Waals surface area contributed by atoms with Crippen molar-refractivity contribution in [2.45, 2.75) is 57.0 Å². The summed E-state index contributed by atoms with van der Waals surface area (Å²) in [7, 11) is 0. The third kappa shape index (κ3) is 3.17. The fourth-order valence-corrected chi connectivity index (χ4v) is 4.24. The summed E-state index contributed by atoms with van der Waals surface area (Å²) in [4.78, 5) is 12.3. The summed E-state index contributed by atoms with van der Waals surface area (Å²) in [5, 5.41) is 13.1. The molecule has 4 unspecified atom stereocenters. The topological polar surface area (TPSA) is 58.6 Å². The first-order chi connectivity index (χ1) is 9.66. The maximum atomic E-state index is 12.3. The van der Waals surface area contributed by atoms with Gasteiger partial charge in [0.05, 0.1) is 6.61 Å². The maximum absolute atomic E-state index is 12.3. The highest BCUT2D eigenvalue weighted by Gasteiger charge is 2.37. The fourth-order valence-electron chi connectivity index (χ4n) is 4.24. The molecule has 3 aliphatic rings. The molecule has 0 radical (unpaired) electrons. The van der Waals surface area contributed by atoms with E-state index in [1.54, 1.807) is 0 Å². The molecule has 0 spiro atoms. The van der Waals surface area contributed by atoms with Crippen molar-refractivity contribution in [2.75, 3.05) is 19.8 Å². The van der Waals surface area contributed by atoms with Crippen LogP contribution < -0.4 is 5.32 Å². The zero-order valence-electron chi connectivity index (χ0n) is 12.3. The van der Waals surface area contributed by atoms with E-state index in [1.807, 2.05) is 0 Å². The largest absolute Gasteiger partial charge is 0.386 e. The molecule has 0 aromatic rings. The lowest BCUT2D eigenvalue weighted by Gasteiger charge is -2.39. The molecule has 1 amide bonds. The highest BCUT2D eigenvalue weighted by atomic mass is 16.5. The Morgan fingerprint density at radius 2 is 2.00 bits per heavy atom. The number of hydrogen-bond acceptors (Lipinski definition) is 3. The van der Waals surface area contributed by atoms with E-state index >= 15 is 0 Å². The van der Waals surface area contributed by atoms with Crippen molar-refractivity contribution >= 4 is 5.91 Å². The Bertz CT molecular complexity index is 352. The molecular formula is C16H27NO3. The smallest absolute Gasteiger partial charge is 0.223 e. The molecule has 20 heavy (non-hydrogen) atoms. The number of nitrogens with one attached hydrogen (secondary N) is 1. The molecule has 3 fully saturated rings. The summed E-state index contributed by atoms with van der Waals surface area (Å²) in [6.45, 7) is 1.29. The van der Waals surface area contributed by atoms with E-state index in [0.717, 1.165) is 24.7 Å². The first-order valence-corrected chi connectivity index (χ1v) is 8.24. The van der Waals surface area contributed by atoms with Crippen LogP contribution in [0.15, 0.2) is 0 Å². The summed E-state index contributed by atoms with van der Waals surface area (Å²) in [5.74, 6) is 1.96. The number of aliphatic hydroxyl groups is 1. The van der Waals surface area contributed by atoms with Gasteiger partial charge in [-0.2, -0.15) is 0 Å². The predicted octanol–water partition coefficient (Wildman–Crippen LogP) is 1.86. The molecule has 2 N–H and O–H groups in total. The van der Waals surface area contributed by atoms with E-state index in [2.05, 4.69) is 5.32 Å². The van der Waals surface area contributed by atoms with E-state index in [4.69, 9.17) is 4.74 Å². The van der Waals surface area contributed by atoms with E-state index in [-0.39, 0.29) is 11.8 Å². The van der Waals surface area contributed by atoms with Crippen LogP contribution in [-0.4, -0.2) is 36.4 Å². The minimum absolute atomic E-state index is 0.148. The number of amides is 1. The van der Waals surface area contributed by atoms with Crippen LogP contribution >= 0.6 is 0 Å². The predicted molar refractivity (Wildman–Crippen MR) is 76.2 cm³/mol. The summed E-state index contributed by atoms with van der Waals surface area (Å²) in [6, 6.07) is 0. The molecule has 1 saturated heterocycles. The molecule has 3 rings (SSSR count). The van der Waals surface area contributed by atoms with Crippen molar-refractivity contribution in [3.63, 3.8) is 0 Å². The van der Waals surface area contributed by atoms with Gasteiger partial charge in [0.15, 0.2) is 0 Å². The van der Waals surface area contributed by atoms with Gasteiger partial charge in [0.25, 0.3) is 0 Å². The van der Waals surface area contributed by atoms with Gasteiger partial charge in [0, 0.05) is 25.5 Å². The Kier molecular flexibility index (Phi) is 4.32. The van der Waals surface area contributed by atoms with Crippen LogP contribution in [0, 0.1) is 17.8 Å². The van der Waals surface area contributed by atoms with E-state index in [9.17, 15) is 9.90 Å². The van der Waals surface area contributed by atoms with Crippen LogP contribution in [0.25, 0.3) is 0 Å². The molecule has 1 heterocycles. The van der Waals surface area contributed by atoms with Crippen LogP contribution in [0.1, 0.15) is 51.4 Å². The number of carbonyl (C=O) groups excluding carboxylic acids is 1. The third-order valence-corrected chi connectivity index (χ3v) is 5.58. The van der Waals surface area contributed by atoms with Gasteiger partial charge < -0.3 is 15.2 Å². The summed E-state index contributed by atoms with van der Waals surface area (Å²) in [5.41, 5.74) is -0.836. The summed E-state index contributed by atoms with van der Waals surface area (Å²) >= 11 is 0. The SMILES string of the molecule is O=C(NCC1(O)CCOC1)C1CCC2CCCCC2C1. The standard InChI is InChI=1S/C16H27NO3/c18-15(17-10-16(19)7-8-20-11-16)14-6-5-12-3-1-2-4-13(12)9-14/h12-14,19H,1-11H2,(H,17,18). The molecule has 0 aromatic heterocycles. The highest BCUT2D eigenvalue weighted by molar-refractivity contribution is 5.78. The molecule has 2 aliphatic carbocycles.